The molecule has 15 heavy (non-hydrogen) atoms. The number of alkyl halides is 2. The van der Waals surface area contributed by atoms with Crippen molar-refractivity contribution in [2.24, 2.45) is 0 Å². The summed E-state index contributed by atoms with van der Waals surface area (Å²) in [6, 6.07) is 20.8. The molecule has 0 bridgehead atoms. The van der Waals surface area contributed by atoms with Gasteiger partial charge in [-0.15, -0.1) is 23.2 Å². The Morgan fingerprint density at radius 1 is 0.600 bits per heavy atom. The average molecular weight is 239 g/mol. The molecule has 0 aromatic heterocycles. The summed E-state index contributed by atoms with van der Waals surface area (Å²) in [6.07, 6.45) is 0. The summed E-state index contributed by atoms with van der Waals surface area (Å²) in [5, 5.41) is 0.194. The largest absolute Gasteiger partial charge is 0.109 e. The number of hydrogen-bond donors (Lipinski definition) is 0. The molecule has 0 fully saturated rings. The molecular weight excluding hydrogens is 227 g/mol. The Bertz CT molecular complexity index is 319. The normalized spacial score (nSPS) is 8.93. The van der Waals surface area contributed by atoms with Crippen molar-refractivity contribution >= 4 is 23.2 Å². The minimum Gasteiger partial charge on any atom is -0.109 e. The smallest absolute Gasteiger partial charge is 0.0967 e. The van der Waals surface area contributed by atoms with Crippen LogP contribution in [0.15, 0.2) is 60.7 Å². The van der Waals surface area contributed by atoms with Crippen LogP contribution in [-0.2, 0) is 0 Å². The van der Waals surface area contributed by atoms with Crippen molar-refractivity contribution in [3.8, 4) is 11.1 Å². The summed E-state index contributed by atoms with van der Waals surface area (Å²) in [7, 11) is 0. The summed E-state index contributed by atoms with van der Waals surface area (Å²) < 4.78 is 0. The molecule has 2 rings (SSSR count). The van der Waals surface area contributed by atoms with Crippen LogP contribution < -0.4 is 0 Å². The Balaban J connectivity index is 0.000000337. The molecule has 0 atom stereocenters. The van der Waals surface area contributed by atoms with E-state index in [1.807, 2.05) is 12.1 Å². The number of rotatable bonds is 1. The lowest BCUT2D eigenvalue weighted by atomic mass is 10.1. The Labute approximate surface area is 100 Å². The monoisotopic (exact) mass is 238 g/mol. The van der Waals surface area contributed by atoms with Crippen LogP contribution in [0.25, 0.3) is 11.1 Å². The van der Waals surface area contributed by atoms with E-state index < -0.39 is 0 Å². The molecule has 0 unspecified atom stereocenters. The summed E-state index contributed by atoms with van der Waals surface area (Å²) in [4.78, 5) is 0. The van der Waals surface area contributed by atoms with Gasteiger partial charge in [0, 0.05) is 0 Å². The summed E-state index contributed by atoms with van der Waals surface area (Å²) >= 11 is 9.53. The molecule has 0 heterocycles. The fourth-order valence-corrected chi connectivity index (χ4v) is 1.26. The molecule has 0 saturated carbocycles. The third-order valence-corrected chi connectivity index (χ3v) is 1.88. The topological polar surface area (TPSA) is 0 Å². The van der Waals surface area contributed by atoms with Crippen molar-refractivity contribution in [3.63, 3.8) is 0 Å². The Morgan fingerprint density at radius 2 is 0.867 bits per heavy atom. The fraction of sp³-hybridized carbons (Fsp3) is 0.0769. The van der Waals surface area contributed by atoms with Crippen molar-refractivity contribution in [1.82, 2.24) is 0 Å². The van der Waals surface area contributed by atoms with Crippen molar-refractivity contribution in [2.75, 3.05) is 5.34 Å². The van der Waals surface area contributed by atoms with Gasteiger partial charge in [0.1, 0.15) is 0 Å². The van der Waals surface area contributed by atoms with E-state index in [4.69, 9.17) is 23.2 Å². The SMILES string of the molecule is ClCCl.c1ccc(-c2ccccc2)cc1. The maximum atomic E-state index is 4.76. The second kappa shape index (κ2) is 7.33. The molecule has 0 radical (unpaired) electrons. The van der Waals surface area contributed by atoms with Crippen molar-refractivity contribution in [2.45, 2.75) is 0 Å². The highest BCUT2D eigenvalue weighted by Crippen LogP contribution is 2.17. The Hall–Kier alpha value is -0.980. The van der Waals surface area contributed by atoms with Gasteiger partial charge in [-0.3, -0.25) is 0 Å². The highest BCUT2D eigenvalue weighted by Gasteiger charge is 1.91. The van der Waals surface area contributed by atoms with Crippen molar-refractivity contribution < 1.29 is 0 Å². The first-order valence-corrected chi connectivity index (χ1v) is 5.67. The van der Waals surface area contributed by atoms with Crippen molar-refractivity contribution in [1.29, 1.82) is 0 Å². The first-order chi connectivity index (χ1) is 7.38. The fourth-order valence-electron chi connectivity index (χ4n) is 1.26. The summed E-state index contributed by atoms with van der Waals surface area (Å²) in [6.45, 7) is 0. The van der Waals surface area contributed by atoms with Gasteiger partial charge in [0.05, 0.1) is 5.34 Å². The number of benzene rings is 2. The number of halogens is 2. The average Bonchev–Trinajstić information content (AvgIpc) is 2.32. The molecule has 0 spiro atoms. The maximum absolute atomic E-state index is 4.76. The first-order valence-electron chi connectivity index (χ1n) is 4.61. The van der Waals surface area contributed by atoms with E-state index in [9.17, 15) is 0 Å². The van der Waals surface area contributed by atoms with Crippen LogP contribution in [0.4, 0.5) is 0 Å². The van der Waals surface area contributed by atoms with E-state index in [0.717, 1.165) is 0 Å². The quantitative estimate of drug-likeness (QED) is 0.628. The zero-order valence-corrected chi connectivity index (χ0v) is 9.75. The molecule has 0 saturated heterocycles. The molecule has 0 amide bonds. The van der Waals surface area contributed by atoms with Gasteiger partial charge in [0.25, 0.3) is 0 Å². The van der Waals surface area contributed by atoms with Gasteiger partial charge in [0.2, 0.25) is 0 Å². The highest BCUT2D eigenvalue weighted by molar-refractivity contribution is 6.40. The second-order valence-corrected chi connectivity index (χ2v) is 3.64. The lowest BCUT2D eigenvalue weighted by Gasteiger charge is -1.98. The van der Waals surface area contributed by atoms with Crippen LogP contribution in [-0.4, -0.2) is 5.34 Å². The molecule has 2 aromatic carbocycles. The maximum Gasteiger partial charge on any atom is 0.0967 e. The Morgan fingerprint density at radius 3 is 1.13 bits per heavy atom. The lowest BCUT2D eigenvalue weighted by molar-refractivity contribution is 1.62. The van der Waals surface area contributed by atoms with E-state index in [1.165, 1.54) is 11.1 Å². The van der Waals surface area contributed by atoms with Gasteiger partial charge < -0.3 is 0 Å². The van der Waals surface area contributed by atoms with Gasteiger partial charge in [0.15, 0.2) is 0 Å². The third-order valence-electron chi connectivity index (χ3n) is 1.88. The standard InChI is InChI=1S/C12H10.CH2Cl2/c1-3-7-11(8-4-1)12-9-5-2-6-10-12;2-1-3/h1-10H;1H2. The van der Waals surface area contributed by atoms with Gasteiger partial charge in [-0.05, 0) is 11.1 Å². The predicted octanol–water partition coefficient (Wildman–Crippen LogP) is 4.78. The minimum absolute atomic E-state index is 0.194. The highest BCUT2D eigenvalue weighted by atomic mass is 35.5. The number of hydrogen-bond acceptors (Lipinski definition) is 0. The van der Waals surface area contributed by atoms with Crippen LogP contribution >= 0.6 is 23.2 Å². The zero-order valence-electron chi connectivity index (χ0n) is 8.24. The minimum atomic E-state index is 0.194. The van der Waals surface area contributed by atoms with E-state index in [0.29, 0.717) is 0 Å². The summed E-state index contributed by atoms with van der Waals surface area (Å²) in [5.41, 5.74) is 2.55. The lowest BCUT2D eigenvalue weighted by Crippen LogP contribution is -1.73. The molecule has 0 N–H and O–H groups in total. The Kier molecular flexibility index (Phi) is 5.91. The molecule has 0 aliphatic carbocycles. The molecule has 78 valence electrons. The van der Waals surface area contributed by atoms with E-state index in [2.05, 4.69) is 48.5 Å². The summed E-state index contributed by atoms with van der Waals surface area (Å²) in [5.74, 6) is 0. The van der Waals surface area contributed by atoms with Gasteiger partial charge in [-0.2, -0.15) is 0 Å². The van der Waals surface area contributed by atoms with Gasteiger partial charge in [-0.25, -0.2) is 0 Å². The van der Waals surface area contributed by atoms with Gasteiger partial charge >= 0.3 is 0 Å². The molecule has 0 aliphatic heterocycles. The van der Waals surface area contributed by atoms with E-state index in [1.54, 1.807) is 0 Å². The zero-order chi connectivity index (χ0) is 10.9. The molecule has 2 heteroatoms. The predicted molar refractivity (Wildman–Crippen MR) is 68.5 cm³/mol. The molecule has 2 aromatic rings. The van der Waals surface area contributed by atoms with Crippen molar-refractivity contribution in [3.05, 3.63) is 60.7 Å². The first kappa shape index (κ1) is 12.1. The van der Waals surface area contributed by atoms with E-state index in [-0.39, 0.29) is 5.34 Å². The van der Waals surface area contributed by atoms with Crippen LogP contribution in [0.5, 0.6) is 0 Å². The van der Waals surface area contributed by atoms with Crippen LogP contribution in [0.2, 0.25) is 0 Å². The second-order valence-electron chi connectivity index (χ2n) is 2.83. The molecule has 0 aliphatic rings. The van der Waals surface area contributed by atoms with Crippen LogP contribution in [0, 0.1) is 0 Å². The third kappa shape index (κ3) is 4.37. The van der Waals surface area contributed by atoms with Crippen LogP contribution in [0.1, 0.15) is 0 Å². The molecular formula is C13H12Cl2. The van der Waals surface area contributed by atoms with Gasteiger partial charge in [-0.1, -0.05) is 60.7 Å². The molecule has 0 nitrogen and oxygen atoms in total. The van der Waals surface area contributed by atoms with E-state index >= 15 is 0 Å². The van der Waals surface area contributed by atoms with Crippen LogP contribution in [0.3, 0.4) is 0 Å².